The van der Waals surface area contributed by atoms with E-state index < -0.39 is 0 Å². The molecule has 2 nitrogen and oxygen atoms in total. The molecule has 0 aromatic heterocycles. The van der Waals surface area contributed by atoms with Gasteiger partial charge in [0.1, 0.15) is 0 Å². The number of aliphatic hydroxyl groups excluding tert-OH is 1. The molecule has 1 fully saturated rings. The zero-order valence-electron chi connectivity index (χ0n) is 10.9. The van der Waals surface area contributed by atoms with Crippen LogP contribution in [0.3, 0.4) is 0 Å². The Kier molecular flexibility index (Phi) is 3.67. The van der Waals surface area contributed by atoms with Gasteiger partial charge in [-0.3, -0.25) is 0 Å². The molecule has 0 radical (unpaired) electrons. The van der Waals surface area contributed by atoms with Gasteiger partial charge in [0.15, 0.2) is 0 Å². The molecular weight excluding hydrogens is 222 g/mol. The predicted molar refractivity (Wildman–Crippen MR) is 73.7 cm³/mol. The fraction of sp³-hybridized carbons (Fsp3) is 0.625. The lowest BCUT2D eigenvalue weighted by atomic mass is 9.86. The highest BCUT2D eigenvalue weighted by Gasteiger charge is 2.24. The second-order valence-electron chi connectivity index (χ2n) is 5.89. The number of rotatable bonds is 2. The molecule has 0 aliphatic heterocycles. The number of aliphatic hydroxyl groups is 1. The zero-order chi connectivity index (χ0) is 12.4. The predicted octanol–water partition coefficient (Wildman–Crippen LogP) is 2.44. The van der Waals surface area contributed by atoms with Crippen LogP contribution in [0.2, 0.25) is 0 Å². The molecule has 18 heavy (non-hydrogen) atoms. The highest BCUT2D eigenvalue weighted by molar-refractivity contribution is 5.30. The van der Waals surface area contributed by atoms with Crippen LogP contribution in [-0.2, 0) is 12.8 Å². The first kappa shape index (κ1) is 12.2. The van der Waals surface area contributed by atoms with Gasteiger partial charge in [-0.15, -0.1) is 0 Å². The van der Waals surface area contributed by atoms with E-state index in [1.807, 2.05) is 0 Å². The van der Waals surface area contributed by atoms with Crippen LogP contribution in [0.4, 0.5) is 0 Å². The van der Waals surface area contributed by atoms with E-state index in [4.69, 9.17) is 0 Å². The van der Waals surface area contributed by atoms with E-state index in [0.29, 0.717) is 12.1 Å². The lowest BCUT2D eigenvalue weighted by molar-refractivity contribution is 0.108. The molecule has 2 heteroatoms. The smallest absolute Gasteiger partial charge is 0.0555 e. The van der Waals surface area contributed by atoms with Gasteiger partial charge in [-0.2, -0.15) is 0 Å². The summed E-state index contributed by atoms with van der Waals surface area (Å²) in [6, 6.07) is 9.95. The molecule has 3 unspecified atom stereocenters. The lowest BCUT2D eigenvalue weighted by Gasteiger charge is -2.33. The minimum atomic E-state index is -0.0767. The molecule has 3 rings (SSSR count). The Labute approximate surface area is 109 Å². The molecule has 1 aromatic rings. The number of fused-ring (bicyclic) bond motifs is 1. The Hall–Kier alpha value is -0.860. The van der Waals surface area contributed by atoms with E-state index in [-0.39, 0.29) is 6.10 Å². The lowest BCUT2D eigenvalue weighted by Crippen LogP contribution is -2.44. The maximum atomic E-state index is 9.73. The van der Waals surface area contributed by atoms with Crippen molar-refractivity contribution in [3.8, 4) is 0 Å². The van der Waals surface area contributed by atoms with E-state index in [1.165, 1.54) is 36.8 Å². The number of hydrogen-bond acceptors (Lipinski definition) is 2. The summed E-state index contributed by atoms with van der Waals surface area (Å²) in [6.45, 7) is 0. The molecule has 2 N–H and O–H groups in total. The summed E-state index contributed by atoms with van der Waals surface area (Å²) in [5.41, 5.74) is 3.04. The summed E-state index contributed by atoms with van der Waals surface area (Å²) in [7, 11) is 0. The van der Waals surface area contributed by atoms with Gasteiger partial charge < -0.3 is 10.4 Å². The van der Waals surface area contributed by atoms with Gasteiger partial charge in [-0.25, -0.2) is 0 Å². The molecular formula is C16H23NO. The van der Waals surface area contributed by atoms with Crippen LogP contribution in [0.25, 0.3) is 0 Å². The van der Waals surface area contributed by atoms with E-state index in [9.17, 15) is 5.11 Å². The van der Waals surface area contributed by atoms with Gasteiger partial charge in [-0.1, -0.05) is 24.3 Å². The number of nitrogens with one attached hydrogen (secondary N) is 1. The maximum Gasteiger partial charge on any atom is 0.0555 e. The quantitative estimate of drug-likeness (QED) is 0.839. The van der Waals surface area contributed by atoms with Crippen molar-refractivity contribution in [2.75, 3.05) is 0 Å². The molecule has 2 aliphatic carbocycles. The van der Waals surface area contributed by atoms with Gasteiger partial charge in [-0.05, 0) is 56.1 Å². The molecule has 98 valence electrons. The van der Waals surface area contributed by atoms with Crippen molar-refractivity contribution in [2.24, 2.45) is 0 Å². The van der Waals surface area contributed by atoms with Crippen molar-refractivity contribution in [1.29, 1.82) is 0 Å². The Morgan fingerprint density at radius 1 is 1.00 bits per heavy atom. The van der Waals surface area contributed by atoms with Crippen LogP contribution in [0.1, 0.15) is 43.2 Å². The van der Waals surface area contributed by atoms with Crippen LogP contribution in [0, 0.1) is 0 Å². The topological polar surface area (TPSA) is 32.3 Å². The van der Waals surface area contributed by atoms with Crippen LogP contribution in [0.5, 0.6) is 0 Å². The first-order valence-corrected chi connectivity index (χ1v) is 7.32. The third kappa shape index (κ3) is 2.76. The summed E-state index contributed by atoms with van der Waals surface area (Å²) in [5, 5.41) is 13.5. The summed E-state index contributed by atoms with van der Waals surface area (Å²) >= 11 is 0. The van der Waals surface area contributed by atoms with Crippen LogP contribution in [-0.4, -0.2) is 23.3 Å². The van der Waals surface area contributed by atoms with Crippen molar-refractivity contribution < 1.29 is 5.11 Å². The molecule has 3 atom stereocenters. The maximum absolute atomic E-state index is 9.73. The van der Waals surface area contributed by atoms with Crippen LogP contribution >= 0.6 is 0 Å². The standard InChI is InChI=1S/C16H23NO/c18-16-7-3-6-14(11-16)17-15-9-8-12-4-1-2-5-13(12)10-15/h1-2,4-5,14-18H,3,6-11H2. The average Bonchev–Trinajstić information content (AvgIpc) is 2.39. The fourth-order valence-corrected chi connectivity index (χ4v) is 3.49. The average molecular weight is 245 g/mol. The Bertz CT molecular complexity index is 404. The molecule has 0 amide bonds. The molecule has 2 aliphatic rings. The minimum absolute atomic E-state index is 0.0767. The van der Waals surface area contributed by atoms with Crippen molar-refractivity contribution in [3.63, 3.8) is 0 Å². The van der Waals surface area contributed by atoms with E-state index >= 15 is 0 Å². The van der Waals surface area contributed by atoms with Crippen LogP contribution in [0.15, 0.2) is 24.3 Å². The Morgan fingerprint density at radius 3 is 2.67 bits per heavy atom. The van der Waals surface area contributed by atoms with Crippen molar-refractivity contribution in [3.05, 3.63) is 35.4 Å². The highest BCUT2D eigenvalue weighted by Crippen LogP contribution is 2.24. The van der Waals surface area contributed by atoms with E-state index in [0.717, 1.165) is 19.3 Å². The zero-order valence-corrected chi connectivity index (χ0v) is 10.9. The number of benzene rings is 1. The SMILES string of the molecule is OC1CCCC(NC2CCc3ccccc3C2)C1. The van der Waals surface area contributed by atoms with Gasteiger partial charge in [0.2, 0.25) is 0 Å². The van der Waals surface area contributed by atoms with Gasteiger partial charge in [0, 0.05) is 12.1 Å². The second-order valence-corrected chi connectivity index (χ2v) is 5.89. The van der Waals surface area contributed by atoms with Crippen molar-refractivity contribution in [1.82, 2.24) is 5.32 Å². The summed E-state index contributed by atoms with van der Waals surface area (Å²) in [6.07, 6.45) is 7.85. The largest absolute Gasteiger partial charge is 0.393 e. The number of aryl methyl sites for hydroxylation is 1. The van der Waals surface area contributed by atoms with E-state index in [1.54, 1.807) is 0 Å². The fourth-order valence-electron chi connectivity index (χ4n) is 3.49. The molecule has 0 spiro atoms. The Balaban J connectivity index is 1.59. The van der Waals surface area contributed by atoms with Crippen molar-refractivity contribution >= 4 is 0 Å². The second kappa shape index (κ2) is 5.41. The molecule has 1 aromatic carbocycles. The molecule has 0 heterocycles. The summed E-state index contributed by atoms with van der Waals surface area (Å²) < 4.78 is 0. The first-order valence-electron chi connectivity index (χ1n) is 7.32. The summed E-state index contributed by atoms with van der Waals surface area (Å²) in [5.74, 6) is 0. The Morgan fingerprint density at radius 2 is 1.83 bits per heavy atom. The van der Waals surface area contributed by atoms with Crippen LogP contribution < -0.4 is 5.32 Å². The monoisotopic (exact) mass is 245 g/mol. The third-order valence-electron chi connectivity index (χ3n) is 4.46. The van der Waals surface area contributed by atoms with Gasteiger partial charge in [0.05, 0.1) is 6.10 Å². The first-order chi connectivity index (χ1) is 8.81. The van der Waals surface area contributed by atoms with E-state index in [2.05, 4.69) is 29.6 Å². The summed E-state index contributed by atoms with van der Waals surface area (Å²) in [4.78, 5) is 0. The third-order valence-corrected chi connectivity index (χ3v) is 4.46. The highest BCUT2D eigenvalue weighted by atomic mass is 16.3. The molecule has 0 saturated heterocycles. The minimum Gasteiger partial charge on any atom is -0.393 e. The molecule has 1 saturated carbocycles. The number of hydrogen-bond donors (Lipinski definition) is 2. The molecule has 0 bridgehead atoms. The normalized spacial score (nSPS) is 31.9. The van der Waals surface area contributed by atoms with Gasteiger partial charge in [0.25, 0.3) is 0 Å². The van der Waals surface area contributed by atoms with Crippen molar-refractivity contribution in [2.45, 2.75) is 63.1 Å². The van der Waals surface area contributed by atoms with Gasteiger partial charge >= 0.3 is 0 Å².